The predicted molar refractivity (Wildman–Crippen MR) is 139 cm³/mol. The Hall–Kier alpha value is -4.25. The Morgan fingerprint density at radius 1 is 1.08 bits per heavy atom. The standard InChI is InChI=1S/C26H25FN4O5S.2H2/c1-15(2)35-20-13-18(12-19(27)14-20)22-7-6-21(25(32)31-37(33,34)24-9-10-28-30-24)26(29-22)36-23-8-5-16(3)11-17(23)4;;/h5-15H,1-4H3,(H,28,30)(H,31,32);2*1H. The van der Waals surface area contributed by atoms with Crippen LogP contribution in [0.15, 0.2) is 65.8 Å². The summed E-state index contributed by atoms with van der Waals surface area (Å²) in [7, 11) is -4.22. The molecule has 0 saturated heterocycles. The second-order valence-corrected chi connectivity index (χ2v) is 10.3. The molecule has 196 valence electrons. The number of benzene rings is 2. The van der Waals surface area contributed by atoms with Crippen LogP contribution >= 0.6 is 0 Å². The summed E-state index contributed by atoms with van der Waals surface area (Å²) >= 11 is 0. The molecule has 11 heteroatoms. The second kappa shape index (κ2) is 10.4. The van der Waals surface area contributed by atoms with Crippen molar-refractivity contribution in [3.63, 3.8) is 0 Å². The van der Waals surface area contributed by atoms with E-state index in [0.717, 1.165) is 11.1 Å². The molecule has 4 rings (SSSR count). The molecule has 0 atom stereocenters. The maximum Gasteiger partial charge on any atom is 0.281 e. The number of ether oxygens (including phenoxy) is 2. The van der Waals surface area contributed by atoms with Gasteiger partial charge in [0, 0.05) is 14.5 Å². The van der Waals surface area contributed by atoms with E-state index in [1.165, 1.54) is 36.5 Å². The van der Waals surface area contributed by atoms with Gasteiger partial charge in [-0.15, -0.1) is 0 Å². The maximum atomic E-state index is 14.4. The fraction of sp³-hybridized carbons (Fsp3) is 0.192. The number of rotatable bonds is 8. The zero-order valence-electron chi connectivity index (χ0n) is 20.6. The van der Waals surface area contributed by atoms with Crippen molar-refractivity contribution >= 4 is 15.9 Å². The van der Waals surface area contributed by atoms with Gasteiger partial charge in [0.25, 0.3) is 15.9 Å². The molecule has 2 aromatic carbocycles. The molecule has 0 unspecified atom stereocenters. The Bertz CT molecular complexity index is 1560. The van der Waals surface area contributed by atoms with E-state index in [1.807, 2.05) is 44.5 Å². The molecule has 2 N–H and O–H groups in total. The van der Waals surface area contributed by atoms with Crippen molar-refractivity contribution in [2.75, 3.05) is 0 Å². The smallest absolute Gasteiger partial charge is 0.281 e. The van der Waals surface area contributed by atoms with E-state index in [1.54, 1.807) is 12.1 Å². The fourth-order valence-corrected chi connectivity index (χ4v) is 4.42. The number of carbonyl (C=O) groups excluding carboxylic acids is 1. The number of hydrogen-bond acceptors (Lipinski definition) is 7. The van der Waals surface area contributed by atoms with E-state index < -0.39 is 21.7 Å². The Balaban J connectivity index is 0.00000267. The topological polar surface area (TPSA) is 123 Å². The highest BCUT2D eigenvalue weighted by Crippen LogP contribution is 2.32. The van der Waals surface area contributed by atoms with Crippen molar-refractivity contribution < 1.29 is 29.9 Å². The van der Waals surface area contributed by atoms with Crippen LogP contribution in [0.3, 0.4) is 0 Å². The summed E-state index contributed by atoms with van der Waals surface area (Å²) in [4.78, 5) is 17.5. The number of aromatic nitrogens is 3. The van der Waals surface area contributed by atoms with Gasteiger partial charge in [-0.3, -0.25) is 9.89 Å². The molecule has 1 amide bonds. The van der Waals surface area contributed by atoms with E-state index in [-0.39, 0.29) is 25.4 Å². The highest BCUT2D eigenvalue weighted by molar-refractivity contribution is 7.90. The molecule has 0 aliphatic heterocycles. The lowest BCUT2D eigenvalue weighted by atomic mass is 10.1. The highest BCUT2D eigenvalue weighted by Gasteiger charge is 2.24. The number of halogens is 1. The molecular formula is C26H29FN4O5S. The second-order valence-electron chi connectivity index (χ2n) is 8.62. The van der Waals surface area contributed by atoms with E-state index in [0.29, 0.717) is 22.8 Å². The van der Waals surface area contributed by atoms with Gasteiger partial charge in [-0.2, -0.15) is 13.5 Å². The number of nitrogens with one attached hydrogen (secondary N) is 2. The molecule has 37 heavy (non-hydrogen) atoms. The first-order valence-electron chi connectivity index (χ1n) is 11.3. The summed E-state index contributed by atoms with van der Waals surface area (Å²) in [6, 6.07) is 13.7. The van der Waals surface area contributed by atoms with Gasteiger partial charge in [-0.05, 0) is 69.7 Å². The summed E-state index contributed by atoms with van der Waals surface area (Å²) in [6.07, 6.45) is 1.08. The normalized spacial score (nSPS) is 11.4. The molecule has 0 radical (unpaired) electrons. The number of hydrogen-bond donors (Lipinski definition) is 2. The highest BCUT2D eigenvalue weighted by atomic mass is 32.2. The van der Waals surface area contributed by atoms with Crippen molar-refractivity contribution in [2.45, 2.75) is 38.8 Å². The van der Waals surface area contributed by atoms with Gasteiger partial charge >= 0.3 is 0 Å². The van der Waals surface area contributed by atoms with Crippen LogP contribution in [0.1, 0.15) is 38.2 Å². The minimum Gasteiger partial charge on any atom is -0.491 e. The largest absolute Gasteiger partial charge is 0.491 e. The summed E-state index contributed by atoms with van der Waals surface area (Å²) in [6.45, 7) is 7.40. The van der Waals surface area contributed by atoms with Crippen molar-refractivity contribution in [2.24, 2.45) is 0 Å². The quantitative estimate of drug-likeness (QED) is 0.313. The minimum absolute atomic E-state index is 0. The third-order valence-corrected chi connectivity index (χ3v) is 6.43. The van der Waals surface area contributed by atoms with Gasteiger partial charge < -0.3 is 9.47 Å². The van der Waals surface area contributed by atoms with Gasteiger partial charge in [0.15, 0.2) is 5.03 Å². The summed E-state index contributed by atoms with van der Waals surface area (Å²) in [5, 5.41) is 5.63. The molecule has 4 aromatic rings. The van der Waals surface area contributed by atoms with Crippen LogP contribution in [0.5, 0.6) is 17.4 Å². The first-order chi connectivity index (χ1) is 17.5. The number of sulfonamides is 1. The number of nitrogens with zero attached hydrogens (tertiary/aromatic N) is 2. The van der Waals surface area contributed by atoms with Crippen LogP contribution in [0.4, 0.5) is 4.39 Å². The van der Waals surface area contributed by atoms with Crippen LogP contribution in [0, 0.1) is 19.7 Å². The Kier molecular flexibility index (Phi) is 7.25. The lowest BCUT2D eigenvalue weighted by Crippen LogP contribution is -2.31. The zero-order valence-corrected chi connectivity index (χ0v) is 21.4. The van der Waals surface area contributed by atoms with Crippen molar-refractivity contribution in [1.29, 1.82) is 0 Å². The predicted octanol–water partition coefficient (Wildman–Crippen LogP) is 5.42. The number of H-pyrrole nitrogens is 1. The van der Waals surface area contributed by atoms with Crippen LogP contribution < -0.4 is 14.2 Å². The average molecular weight is 529 g/mol. The van der Waals surface area contributed by atoms with Gasteiger partial charge in [-0.25, -0.2) is 14.1 Å². The minimum atomic E-state index is -4.22. The molecule has 0 aliphatic rings. The van der Waals surface area contributed by atoms with Crippen LogP contribution in [-0.2, 0) is 10.0 Å². The molecule has 2 aromatic heterocycles. The average Bonchev–Trinajstić information content (AvgIpc) is 3.36. The number of carbonyl (C=O) groups is 1. The van der Waals surface area contributed by atoms with Crippen molar-refractivity contribution in [3.05, 3.63) is 83.3 Å². The summed E-state index contributed by atoms with van der Waals surface area (Å²) in [5.41, 5.74) is 2.33. The molecule has 9 nitrogen and oxygen atoms in total. The number of amides is 1. The van der Waals surface area contributed by atoms with Crippen LogP contribution in [0.25, 0.3) is 11.3 Å². The van der Waals surface area contributed by atoms with E-state index in [2.05, 4.69) is 15.2 Å². The Morgan fingerprint density at radius 2 is 1.86 bits per heavy atom. The molecule has 2 heterocycles. The summed E-state index contributed by atoms with van der Waals surface area (Å²) in [5.74, 6) is -0.909. The number of pyridine rings is 1. The van der Waals surface area contributed by atoms with Gasteiger partial charge in [0.1, 0.15) is 22.9 Å². The SMILES string of the molecule is Cc1ccc(Oc2nc(-c3cc(F)cc(OC(C)C)c3)ccc2C(=O)NS(=O)(=O)c2ccn[nH]2)c(C)c1.[HH].[HH]. The lowest BCUT2D eigenvalue weighted by molar-refractivity contribution is 0.0978. The zero-order chi connectivity index (χ0) is 26.7. The maximum absolute atomic E-state index is 14.4. The van der Waals surface area contributed by atoms with Gasteiger partial charge in [0.2, 0.25) is 5.88 Å². The van der Waals surface area contributed by atoms with Crippen molar-refractivity contribution in [1.82, 2.24) is 19.9 Å². The number of aromatic amines is 1. The molecular weight excluding hydrogens is 499 g/mol. The number of aryl methyl sites for hydroxylation is 2. The van der Waals surface area contributed by atoms with Crippen LogP contribution in [0.2, 0.25) is 0 Å². The molecule has 0 fully saturated rings. The first kappa shape index (κ1) is 25.8. The third kappa shape index (κ3) is 6.12. The monoisotopic (exact) mass is 528 g/mol. The van der Waals surface area contributed by atoms with Gasteiger partial charge in [0.05, 0.1) is 18.0 Å². The molecule has 0 saturated carbocycles. The first-order valence-corrected chi connectivity index (χ1v) is 12.8. The van der Waals surface area contributed by atoms with E-state index in [9.17, 15) is 17.6 Å². The summed E-state index contributed by atoms with van der Waals surface area (Å²) < 4.78 is 53.1. The fourth-order valence-electron chi connectivity index (χ4n) is 3.55. The van der Waals surface area contributed by atoms with Crippen LogP contribution in [-0.4, -0.2) is 35.6 Å². The molecule has 0 aliphatic carbocycles. The Labute approximate surface area is 216 Å². The van der Waals surface area contributed by atoms with E-state index >= 15 is 0 Å². The van der Waals surface area contributed by atoms with E-state index in [4.69, 9.17) is 9.47 Å². The molecule has 0 spiro atoms. The Morgan fingerprint density at radius 3 is 2.54 bits per heavy atom. The van der Waals surface area contributed by atoms with Gasteiger partial charge in [-0.1, -0.05) is 17.7 Å². The third-order valence-electron chi connectivity index (χ3n) is 5.17. The lowest BCUT2D eigenvalue weighted by Gasteiger charge is -2.15. The van der Waals surface area contributed by atoms with Crippen molar-refractivity contribution in [3.8, 4) is 28.6 Å². The molecule has 0 bridgehead atoms.